The third kappa shape index (κ3) is 4.49. The summed E-state index contributed by atoms with van der Waals surface area (Å²) in [6.45, 7) is -1.66. The number of carbonyl (C=O) groups is 1. The number of halogens is 2. The fourth-order valence-electron chi connectivity index (χ4n) is 3.82. The maximum atomic E-state index is 13.1. The van der Waals surface area contributed by atoms with Gasteiger partial charge < -0.3 is 14.4 Å². The van der Waals surface area contributed by atoms with Crippen LogP contribution in [0.25, 0.3) is 11.3 Å². The average Bonchev–Trinajstić information content (AvgIpc) is 3.55. The van der Waals surface area contributed by atoms with E-state index in [1.807, 2.05) is 12.3 Å². The van der Waals surface area contributed by atoms with Crippen molar-refractivity contribution in [3.05, 3.63) is 64.2 Å². The van der Waals surface area contributed by atoms with Gasteiger partial charge in [0.1, 0.15) is 16.9 Å². The van der Waals surface area contributed by atoms with Gasteiger partial charge >= 0.3 is 6.61 Å². The first-order valence-electron chi connectivity index (χ1n) is 10.4. The normalized spacial score (nSPS) is 18.7. The summed E-state index contributed by atoms with van der Waals surface area (Å²) >= 11 is 1.37. The van der Waals surface area contributed by atoms with Crippen molar-refractivity contribution in [3.63, 3.8) is 0 Å². The van der Waals surface area contributed by atoms with Crippen LogP contribution < -0.4 is 4.74 Å². The summed E-state index contributed by atoms with van der Waals surface area (Å²) in [6.07, 6.45) is 5.37. The summed E-state index contributed by atoms with van der Waals surface area (Å²) in [6, 6.07) is 8.50. The second-order valence-electron chi connectivity index (χ2n) is 7.84. The zero-order valence-electron chi connectivity index (χ0n) is 17.1. The summed E-state index contributed by atoms with van der Waals surface area (Å²) in [4.78, 5) is 23.7. The molecule has 3 heterocycles. The van der Waals surface area contributed by atoms with Crippen molar-refractivity contribution in [3.8, 4) is 17.0 Å². The molecule has 1 aliphatic heterocycles. The molecule has 2 aromatic heterocycles. The van der Waals surface area contributed by atoms with Gasteiger partial charge in [-0.25, -0.2) is 4.98 Å². The predicted octanol–water partition coefficient (Wildman–Crippen LogP) is 4.90. The molecule has 1 amide bonds. The standard InChI is InChI=1S/C23H21F2N3O3S/c24-23(25)31-19-4-2-1-3-17(19)18-13-32-21(27-18)20-12-28(7-8-30-20)22(29)16-9-15(10-26-11-16)14-5-6-14/h1-4,9-11,13-14,20,23H,5-8,12H2/t20-/m1/s1. The van der Waals surface area contributed by atoms with E-state index in [1.54, 1.807) is 34.7 Å². The minimum Gasteiger partial charge on any atom is -0.434 e. The highest BCUT2D eigenvalue weighted by molar-refractivity contribution is 7.10. The van der Waals surface area contributed by atoms with Gasteiger partial charge in [0.2, 0.25) is 0 Å². The number of ether oxygens (including phenoxy) is 2. The van der Waals surface area contributed by atoms with Gasteiger partial charge in [-0.15, -0.1) is 11.3 Å². The lowest BCUT2D eigenvalue weighted by Gasteiger charge is -2.32. The molecule has 9 heteroatoms. The third-order valence-electron chi connectivity index (χ3n) is 5.59. The molecule has 0 bridgehead atoms. The van der Waals surface area contributed by atoms with Crippen LogP contribution in [0.15, 0.2) is 48.1 Å². The van der Waals surface area contributed by atoms with Gasteiger partial charge in [0.15, 0.2) is 0 Å². The molecule has 166 valence electrons. The number of benzene rings is 1. The fraction of sp³-hybridized carbons (Fsp3) is 0.348. The van der Waals surface area contributed by atoms with Crippen LogP contribution in [0.2, 0.25) is 0 Å². The number of hydrogen-bond acceptors (Lipinski definition) is 6. The molecule has 1 saturated carbocycles. The van der Waals surface area contributed by atoms with Gasteiger partial charge in [-0.05, 0) is 42.5 Å². The first kappa shape index (κ1) is 21.0. The summed E-state index contributed by atoms with van der Waals surface area (Å²) in [5, 5.41) is 2.48. The van der Waals surface area contributed by atoms with Crippen molar-refractivity contribution in [1.29, 1.82) is 0 Å². The molecule has 3 aromatic rings. The van der Waals surface area contributed by atoms with Crippen LogP contribution in [0.3, 0.4) is 0 Å². The molecule has 0 unspecified atom stereocenters. The Balaban J connectivity index is 1.32. The Morgan fingerprint density at radius 3 is 2.91 bits per heavy atom. The summed E-state index contributed by atoms with van der Waals surface area (Å²) in [5.74, 6) is 0.530. The quantitative estimate of drug-likeness (QED) is 0.527. The first-order valence-corrected chi connectivity index (χ1v) is 11.3. The van der Waals surface area contributed by atoms with Gasteiger partial charge in [0.05, 0.1) is 24.4 Å². The van der Waals surface area contributed by atoms with E-state index in [1.165, 1.54) is 17.4 Å². The van der Waals surface area contributed by atoms with Crippen LogP contribution in [0, 0.1) is 0 Å². The van der Waals surface area contributed by atoms with Crippen molar-refractivity contribution in [1.82, 2.24) is 14.9 Å². The molecule has 2 fully saturated rings. The molecule has 1 aliphatic carbocycles. The van der Waals surface area contributed by atoms with Gasteiger partial charge in [-0.3, -0.25) is 9.78 Å². The van der Waals surface area contributed by atoms with E-state index >= 15 is 0 Å². The highest BCUT2D eigenvalue weighted by atomic mass is 32.1. The Morgan fingerprint density at radius 2 is 2.09 bits per heavy atom. The zero-order chi connectivity index (χ0) is 22.1. The molecule has 0 N–H and O–H groups in total. The highest BCUT2D eigenvalue weighted by Crippen LogP contribution is 2.40. The van der Waals surface area contributed by atoms with Crippen molar-refractivity contribution in [2.45, 2.75) is 31.5 Å². The topological polar surface area (TPSA) is 64.6 Å². The number of para-hydroxylation sites is 1. The number of alkyl halides is 2. The van der Waals surface area contributed by atoms with Crippen LogP contribution in [-0.2, 0) is 4.74 Å². The fourth-order valence-corrected chi connectivity index (χ4v) is 4.67. The Hall–Kier alpha value is -2.91. The number of morpholine rings is 1. The number of pyridine rings is 1. The smallest absolute Gasteiger partial charge is 0.387 e. The Kier molecular flexibility index (Phi) is 5.84. The first-order chi connectivity index (χ1) is 15.6. The molecule has 0 radical (unpaired) electrons. The van der Waals surface area contributed by atoms with E-state index in [4.69, 9.17) is 4.74 Å². The lowest BCUT2D eigenvalue weighted by molar-refractivity contribution is -0.0494. The lowest BCUT2D eigenvalue weighted by Crippen LogP contribution is -2.42. The van der Waals surface area contributed by atoms with Crippen LogP contribution in [0.1, 0.15) is 45.8 Å². The van der Waals surface area contributed by atoms with Crippen LogP contribution >= 0.6 is 11.3 Å². The van der Waals surface area contributed by atoms with E-state index < -0.39 is 6.61 Å². The van der Waals surface area contributed by atoms with Gasteiger partial charge in [-0.1, -0.05) is 12.1 Å². The summed E-state index contributed by atoms with van der Waals surface area (Å²) in [5.41, 5.74) is 2.74. The maximum Gasteiger partial charge on any atom is 0.387 e. The number of aromatic nitrogens is 2. The molecule has 0 spiro atoms. The second kappa shape index (κ2) is 8.91. The van der Waals surface area contributed by atoms with Crippen LogP contribution in [0.4, 0.5) is 8.78 Å². The molecular formula is C23H21F2N3O3S. The van der Waals surface area contributed by atoms with E-state index in [2.05, 4.69) is 14.7 Å². The van der Waals surface area contributed by atoms with Crippen molar-refractivity contribution in [2.75, 3.05) is 19.7 Å². The molecule has 1 aromatic carbocycles. The van der Waals surface area contributed by atoms with E-state index in [9.17, 15) is 13.6 Å². The molecule has 32 heavy (non-hydrogen) atoms. The van der Waals surface area contributed by atoms with Crippen molar-refractivity contribution < 1.29 is 23.0 Å². The van der Waals surface area contributed by atoms with E-state index in [-0.39, 0.29) is 17.8 Å². The molecule has 6 nitrogen and oxygen atoms in total. The summed E-state index contributed by atoms with van der Waals surface area (Å²) < 4.78 is 36.0. The molecule has 1 saturated heterocycles. The Morgan fingerprint density at radius 1 is 1.25 bits per heavy atom. The molecule has 5 rings (SSSR count). The van der Waals surface area contributed by atoms with Gasteiger partial charge in [-0.2, -0.15) is 8.78 Å². The van der Waals surface area contributed by atoms with Crippen LogP contribution in [0.5, 0.6) is 5.75 Å². The zero-order valence-corrected chi connectivity index (χ0v) is 17.9. The number of thiazole rings is 1. The maximum absolute atomic E-state index is 13.1. The van der Waals surface area contributed by atoms with Gasteiger partial charge in [0, 0.05) is 29.9 Å². The number of nitrogens with zero attached hydrogens (tertiary/aromatic N) is 3. The monoisotopic (exact) mass is 457 g/mol. The number of carbonyl (C=O) groups excluding carboxylic acids is 1. The Labute approximate surface area is 187 Å². The van der Waals surface area contributed by atoms with Crippen molar-refractivity contribution >= 4 is 17.2 Å². The number of rotatable bonds is 6. The molecule has 1 atom stereocenters. The van der Waals surface area contributed by atoms with Crippen LogP contribution in [-0.4, -0.2) is 47.1 Å². The summed E-state index contributed by atoms with van der Waals surface area (Å²) in [7, 11) is 0. The third-order valence-corrected chi connectivity index (χ3v) is 6.52. The highest BCUT2D eigenvalue weighted by Gasteiger charge is 2.30. The largest absolute Gasteiger partial charge is 0.434 e. The number of amides is 1. The average molecular weight is 458 g/mol. The number of hydrogen-bond donors (Lipinski definition) is 0. The van der Waals surface area contributed by atoms with Gasteiger partial charge in [0.25, 0.3) is 5.91 Å². The minimum absolute atomic E-state index is 0.0687. The SMILES string of the molecule is O=C(c1cncc(C2CC2)c1)N1CCO[C@@H](c2nc(-c3ccccc3OC(F)F)cs2)C1. The Bertz CT molecular complexity index is 1120. The second-order valence-corrected chi connectivity index (χ2v) is 8.73. The predicted molar refractivity (Wildman–Crippen MR) is 115 cm³/mol. The van der Waals surface area contributed by atoms with E-state index in [0.29, 0.717) is 47.4 Å². The van der Waals surface area contributed by atoms with Crippen molar-refractivity contribution in [2.24, 2.45) is 0 Å². The molecular weight excluding hydrogens is 436 g/mol. The minimum atomic E-state index is -2.91. The molecule has 2 aliphatic rings. The van der Waals surface area contributed by atoms with E-state index in [0.717, 1.165) is 18.4 Å². The lowest BCUT2D eigenvalue weighted by atomic mass is 10.1.